The van der Waals surface area contributed by atoms with E-state index in [1.54, 1.807) is 0 Å². The third kappa shape index (κ3) is 7.37. The smallest absolute Gasteiger partial charge is 0.300 e. The lowest BCUT2D eigenvalue weighted by atomic mass is 10.2. The van der Waals surface area contributed by atoms with Crippen molar-refractivity contribution in [3.05, 3.63) is 0 Å². The zero-order valence-corrected chi connectivity index (χ0v) is 30.4. The average Bonchev–Trinajstić information content (AvgIpc) is 2.74. The lowest BCUT2D eigenvalue weighted by molar-refractivity contribution is 0.256. The van der Waals surface area contributed by atoms with Crippen molar-refractivity contribution in [1.82, 2.24) is 8.88 Å². The normalized spacial score (nSPS) is 38.6. The van der Waals surface area contributed by atoms with Crippen molar-refractivity contribution in [3.8, 4) is 0 Å². The molecule has 4 aliphatic heterocycles. The fraction of sp³-hybridized carbons (Fsp3) is 1.00. The van der Waals surface area contributed by atoms with Crippen molar-refractivity contribution in [3.63, 3.8) is 0 Å². The lowest BCUT2D eigenvalue weighted by Crippen LogP contribution is -2.32. The van der Waals surface area contributed by atoms with Gasteiger partial charge in [0, 0.05) is 13.1 Å². The molecule has 216 valence electrons. The van der Waals surface area contributed by atoms with Crippen LogP contribution in [0.4, 0.5) is 0 Å². The van der Waals surface area contributed by atoms with E-state index < -0.39 is 40.4 Å². The van der Waals surface area contributed by atoms with Crippen LogP contribution in [0.1, 0.15) is 71.6 Å². The van der Waals surface area contributed by atoms with Crippen LogP contribution in [-0.2, 0) is 9.05 Å². The highest BCUT2D eigenvalue weighted by molar-refractivity contribution is 8.21. The molecule has 0 saturated heterocycles. The van der Waals surface area contributed by atoms with E-state index >= 15 is 0 Å². The van der Waals surface area contributed by atoms with Gasteiger partial charge in [0.2, 0.25) is 14.2 Å². The van der Waals surface area contributed by atoms with Crippen molar-refractivity contribution < 1.29 is 9.05 Å². The Balaban J connectivity index is 2.01. The Morgan fingerprint density at radius 2 is 1.22 bits per heavy atom. The Morgan fingerprint density at radius 1 is 0.622 bits per heavy atom. The first-order valence-corrected chi connectivity index (χ1v) is 27.4. The SMILES string of the molecule is CCCCCCN1P2(Cl)=NP3(Cl)=NP(=N2)(OCCCO3)N(CCCCCC)P12=NP(Cl)(Cl)=NP(Cl)(Cl)=N2. The van der Waals surface area contributed by atoms with Gasteiger partial charge in [-0.05, 0) is 86.7 Å². The highest BCUT2D eigenvalue weighted by atomic mass is 35.9. The Bertz CT molecular complexity index is 1230. The fourth-order valence-corrected chi connectivity index (χ4v) is 39.2. The van der Waals surface area contributed by atoms with Crippen LogP contribution in [0, 0.1) is 0 Å². The van der Waals surface area contributed by atoms with Crippen LogP contribution in [0.2, 0.25) is 0 Å². The second-order valence-corrected chi connectivity index (χ2v) is 31.4. The van der Waals surface area contributed by atoms with Crippen LogP contribution in [0.3, 0.4) is 0 Å². The van der Waals surface area contributed by atoms with E-state index in [2.05, 4.69) is 18.4 Å². The molecule has 4 aliphatic rings. The summed E-state index contributed by atoms with van der Waals surface area (Å²) >= 11 is 41.3. The lowest BCUT2D eigenvalue weighted by Gasteiger charge is -2.52. The Hall–Kier alpha value is 2.96. The summed E-state index contributed by atoms with van der Waals surface area (Å²) in [5.41, 5.74) is 0. The minimum absolute atomic E-state index is 0.366. The molecule has 0 fully saturated rings. The molecule has 37 heavy (non-hydrogen) atoms. The predicted octanol–water partition coefficient (Wildman–Crippen LogP) is 14.3. The van der Waals surface area contributed by atoms with E-state index in [1.807, 2.05) is 8.88 Å². The van der Waals surface area contributed by atoms with Crippen molar-refractivity contribution in [2.75, 3.05) is 26.3 Å². The first-order chi connectivity index (χ1) is 17.3. The van der Waals surface area contributed by atoms with Gasteiger partial charge in [-0.3, -0.25) is 0 Å². The van der Waals surface area contributed by atoms with E-state index in [9.17, 15) is 0 Å². The van der Waals surface area contributed by atoms with E-state index in [0.717, 1.165) is 51.4 Å². The standard InChI is InChI=1S/C15H32Cl6N8O2P6/c1-3-5-7-9-12-28-34(20)25-35(21)27-37(26-34,31-15-11-14-30-35)29(13-10-8-6-4-2)36(28)23-32(16,17)22-33(18,19)24-36/h3-15H2,1-2H3. The monoisotopic (exact) mass is 752 g/mol. The summed E-state index contributed by atoms with van der Waals surface area (Å²) in [6.07, 6.45) is 8.52. The summed E-state index contributed by atoms with van der Waals surface area (Å²) in [6, 6.07) is 0. The topological polar surface area (TPSA) is 99.1 Å². The van der Waals surface area contributed by atoms with Crippen molar-refractivity contribution in [2.24, 2.45) is 27.1 Å². The molecule has 0 radical (unpaired) electrons. The van der Waals surface area contributed by atoms with Gasteiger partial charge in [-0.25, -0.2) is 0 Å². The van der Waals surface area contributed by atoms with Crippen LogP contribution in [0.5, 0.6) is 0 Å². The zero-order valence-electron chi connectivity index (χ0n) is 20.5. The quantitative estimate of drug-likeness (QED) is 0.164. The highest BCUT2D eigenvalue weighted by Gasteiger charge is 2.60. The van der Waals surface area contributed by atoms with Crippen molar-refractivity contribution in [2.45, 2.75) is 71.6 Å². The van der Waals surface area contributed by atoms with E-state index in [4.69, 9.17) is 99.1 Å². The van der Waals surface area contributed by atoms with Crippen LogP contribution in [0.15, 0.2) is 27.1 Å². The Morgan fingerprint density at radius 3 is 1.84 bits per heavy atom. The summed E-state index contributed by atoms with van der Waals surface area (Å²) < 4.78 is 45.6. The van der Waals surface area contributed by atoms with Gasteiger partial charge in [-0.1, -0.05) is 52.4 Å². The maximum Gasteiger partial charge on any atom is 0.300 e. The first kappa shape index (κ1) is 32.9. The van der Waals surface area contributed by atoms with E-state index in [0.29, 0.717) is 32.7 Å². The van der Waals surface area contributed by atoms with Gasteiger partial charge >= 0.3 is 6.78 Å². The molecule has 4 unspecified atom stereocenters. The van der Waals surface area contributed by atoms with Crippen molar-refractivity contribution >= 4 is 108 Å². The first-order valence-electron chi connectivity index (χ1n) is 12.2. The largest absolute Gasteiger partial charge is 0.316 e. The summed E-state index contributed by atoms with van der Waals surface area (Å²) in [5.74, 6) is -6.61. The second-order valence-electron chi connectivity index (χ2n) is 8.80. The summed E-state index contributed by atoms with van der Waals surface area (Å²) in [5, 5.41) is 0. The number of unbranched alkanes of at least 4 members (excludes halogenated alkanes) is 6. The third-order valence-corrected chi connectivity index (χ3v) is 32.2. The fourth-order valence-electron chi connectivity index (χ4n) is 4.24. The zero-order chi connectivity index (χ0) is 27.0. The van der Waals surface area contributed by atoms with Gasteiger partial charge < -0.3 is 9.05 Å². The number of fused-ring (bicyclic) bond motifs is 1. The molecule has 0 aromatic rings. The van der Waals surface area contributed by atoms with Gasteiger partial charge in [0.05, 0.1) is 13.2 Å². The second kappa shape index (κ2) is 12.9. The minimum atomic E-state index is -3.31. The molecule has 0 saturated carbocycles. The van der Waals surface area contributed by atoms with Crippen LogP contribution in [-0.4, -0.2) is 35.2 Å². The number of halogens is 6. The van der Waals surface area contributed by atoms with Gasteiger partial charge in [-0.15, -0.1) is 0 Å². The molecular formula is C15H32Cl6N8O2P6. The molecule has 10 nitrogen and oxygen atoms in total. The molecule has 3 bridgehead atoms. The van der Waals surface area contributed by atoms with Gasteiger partial charge in [0.25, 0.3) is 19.4 Å². The Labute approximate surface area is 249 Å². The number of hydrogen-bond acceptors (Lipinski definition) is 10. The summed E-state index contributed by atoms with van der Waals surface area (Å²) in [4.78, 5) is 0. The molecule has 4 rings (SSSR count). The van der Waals surface area contributed by atoms with E-state index in [1.165, 1.54) is 0 Å². The van der Waals surface area contributed by atoms with Gasteiger partial charge in [0.1, 0.15) is 0 Å². The molecule has 0 aliphatic carbocycles. The highest BCUT2D eigenvalue weighted by Crippen LogP contribution is 2.99. The Kier molecular flexibility index (Phi) is 11.5. The maximum absolute atomic E-state index is 7.41. The molecule has 4 atom stereocenters. The summed E-state index contributed by atoms with van der Waals surface area (Å²) in [6.45, 7) is -0.327. The van der Waals surface area contributed by atoms with E-state index in [-0.39, 0.29) is 0 Å². The van der Waals surface area contributed by atoms with Gasteiger partial charge in [-0.2, -0.15) is 36.0 Å². The molecule has 0 aromatic heterocycles. The molecule has 0 amide bonds. The molecule has 22 heteroatoms. The maximum atomic E-state index is 7.41. The van der Waals surface area contributed by atoms with Crippen LogP contribution >= 0.6 is 108 Å². The number of hydrogen-bond donors (Lipinski definition) is 0. The van der Waals surface area contributed by atoms with Crippen molar-refractivity contribution in [1.29, 1.82) is 0 Å². The minimum Gasteiger partial charge on any atom is -0.316 e. The third-order valence-electron chi connectivity index (χ3n) is 5.80. The number of rotatable bonds is 10. The molecule has 0 aromatic carbocycles. The average molecular weight is 755 g/mol. The van der Waals surface area contributed by atoms with Gasteiger partial charge in [0.15, 0.2) is 0 Å². The van der Waals surface area contributed by atoms with Crippen LogP contribution in [0.25, 0.3) is 0 Å². The molecule has 2 spiro atoms. The summed E-state index contributed by atoms with van der Waals surface area (Å²) in [7, 11) is -6.47. The molecular weight excluding hydrogens is 723 g/mol. The predicted molar refractivity (Wildman–Crippen MR) is 169 cm³/mol. The van der Waals surface area contributed by atoms with Crippen LogP contribution < -0.4 is 0 Å². The number of nitrogens with zero attached hydrogens (tertiary/aromatic N) is 8. The molecule has 0 N–H and O–H groups in total. The molecule has 4 heterocycles.